The Kier molecular flexibility index (Phi) is 4.11. The van der Waals surface area contributed by atoms with Crippen LogP contribution in [0.25, 0.3) is 10.9 Å². The van der Waals surface area contributed by atoms with Crippen molar-refractivity contribution in [2.24, 2.45) is 5.92 Å². The number of carboxylic acid groups (broad SMARTS) is 1. The molecule has 0 radical (unpaired) electrons. The van der Waals surface area contributed by atoms with Crippen molar-refractivity contribution >= 4 is 22.8 Å². The van der Waals surface area contributed by atoms with Crippen molar-refractivity contribution in [1.29, 1.82) is 0 Å². The first kappa shape index (κ1) is 15.6. The van der Waals surface area contributed by atoms with E-state index in [1.165, 1.54) is 0 Å². The first-order chi connectivity index (χ1) is 11.0. The van der Waals surface area contributed by atoms with Gasteiger partial charge in [-0.3, -0.25) is 4.79 Å². The van der Waals surface area contributed by atoms with Crippen molar-refractivity contribution in [3.05, 3.63) is 36.0 Å². The minimum atomic E-state index is -1.10. The number of amides is 1. The standard InChI is InChI=1S/C18H22N2O3/c1-12-6-8-18(9-7-12,17(22)23)20-16(21)10-13-11-19-15-5-3-2-4-14(13)15/h2-5,11-12,19H,6-10H2,1H3,(H,20,21)(H,22,23). The Hall–Kier alpha value is -2.30. The molecule has 3 N–H and O–H groups in total. The third-order valence-electron chi connectivity index (χ3n) is 4.94. The zero-order valence-corrected chi connectivity index (χ0v) is 13.3. The third kappa shape index (κ3) is 3.09. The lowest BCUT2D eigenvalue weighted by molar-refractivity contribution is -0.149. The summed E-state index contributed by atoms with van der Waals surface area (Å²) in [5, 5.41) is 13.4. The van der Waals surface area contributed by atoms with Gasteiger partial charge < -0.3 is 15.4 Å². The molecule has 0 aliphatic heterocycles. The average Bonchev–Trinajstić information content (AvgIpc) is 2.93. The van der Waals surface area contributed by atoms with Crippen molar-refractivity contribution < 1.29 is 14.7 Å². The quantitative estimate of drug-likeness (QED) is 0.811. The molecule has 1 saturated carbocycles. The van der Waals surface area contributed by atoms with Gasteiger partial charge in [-0.1, -0.05) is 25.1 Å². The van der Waals surface area contributed by atoms with Crippen molar-refractivity contribution in [2.75, 3.05) is 0 Å². The van der Waals surface area contributed by atoms with Gasteiger partial charge in [0, 0.05) is 17.1 Å². The summed E-state index contributed by atoms with van der Waals surface area (Å²) in [5.41, 5.74) is 0.771. The van der Waals surface area contributed by atoms with Crippen molar-refractivity contribution in [3.63, 3.8) is 0 Å². The average molecular weight is 314 g/mol. The zero-order chi connectivity index (χ0) is 16.4. The van der Waals surface area contributed by atoms with Gasteiger partial charge in [0.15, 0.2) is 0 Å². The number of rotatable bonds is 4. The zero-order valence-electron chi connectivity index (χ0n) is 13.3. The largest absolute Gasteiger partial charge is 0.480 e. The molecule has 0 saturated heterocycles. The van der Waals surface area contributed by atoms with Crippen molar-refractivity contribution in [2.45, 2.75) is 44.6 Å². The molecule has 1 heterocycles. The molecule has 0 unspecified atom stereocenters. The maximum absolute atomic E-state index is 12.4. The number of hydrogen-bond acceptors (Lipinski definition) is 2. The van der Waals surface area contributed by atoms with Crippen LogP contribution in [0.2, 0.25) is 0 Å². The molecular formula is C18H22N2O3. The maximum atomic E-state index is 12.4. The molecule has 1 aliphatic rings. The molecule has 2 aromatic rings. The number of nitrogens with one attached hydrogen (secondary N) is 2. The third-order valence-corrected chi connectivity index (χ3v) is 4.94. The highest BCUT2D eigenvalue weighted by Crippen LogP contribution is 2.32. The Morgan fingerprint density at radius 2 is 2.00 bits per heavy atom. The van der Waals surface area contributed by atoms with Gasteiger partial charge in [0.25, 0.3) is 0 Å². The van der Waals surface area contributed by atoms with Gasteiger partial charge in [0.1, 0.15) is 5.54 Å². The fourth-order valence-electron chi connectivity index (χ4n) is 3.41. The van der Waals surface area contributed by atoms with E-state index < -0.39 is 11.5 Å². The van der Waals surface area contributed by atoms with Crippen LogP contribution >= 0.6 is 0 Å². The predicted octanol–water partition coefficient (Wildman–Crippen LogP) is 2.86. The summed E-state index contributed by atoms with van der Waals surface area (Å²) in [4.78, 5) is 27.3. The van der Waals surface area contributed by atoms with E-state index in [0.29, 0.717) is 18.8 Å². The first-order valence-corrected chi connectivity index (χ1v) is 8.09. The second-order valence-electron chi connectivity index (χ2n) is 6.65. The summed E-state index contributed by atoms with van der Waals surface area (Å²) in [6.07, 6.45) is 4.68. The van der Waals surface area contributed by atoms with Gasteiger partial charge in [-0.2, -0.15) is 0 Å². The second-order valence-corrected chi connectivity index (χ2v) is 6.65. The minimum absolute atomic E-state index is 0.189. The van der Waals surface area contributed by atoms with E-state index in [0.717, 1.165) is 29.3 Å². The number of para-hydroxylation sites is 1. The monoisotopic (exact) mass is 314 g/mol. The van der Waals surface area contributed by atoms with Crippen LogP contribution < -0.4 is 5.32 Å². The molecule has 5 heteroatoms. The van der Waals surface area contributed by atoms with E-state index in [9.17, 15) is 14.7 Å². The number of fused-ring (bicyclic) bond motifs is 1. The number of aromatic amines is 1. The van der Waals surface area contributed by atoms with Gasteiger partial charge in [-0.05, 0) is 43.2 Å². The van der Waals surface area contributed by atoms with Crippen LogP contribution in [-0.2, 0) is 16.0 Å². The highest BCUT2D eigenvalue weighted by Gasteiger charge is 2.42. The van der Waals surface area contributed by atoms with Crippen LogP contribution in [0, 0.1) is 5.92 Å². The first-order valence-electron chi connectivity index (χ1n) is 8.09. The Labute approximate surface area is 135 Å². The van der Waals surface area contributed by atoms with E-state index in [4.69, 9.17) is 0 Å². The normalized spacial score (nSPS) is 24.5. The summed E-state index contributed by atoms with van der Waals surface area (Å²) in [7, 11) is 0. The van der Waals surface area contributed by atoms with Gasteiger partial charge in [0.05, 0.1) is 6.42 Å². The molecule has 0 spiro atoms. The number of aromatic nitrogens is 1. The Bertz CT molecular complexity index is 727. The van der Waals surface area contributed by atoms with Crippen LogP contribution in [0.15, 0.2) is 30.5 Å². The SMILES string of the molecule is CC1CCC(NC(=O)Cc2c[nH]c3ccccc23)(C(=O)O)CC1. The number of H-pyrrole nitrogens is 1. The van der Waals surface area contributed by atoms with E-state index in [-0.39, 0.29) is 12.3 Å². The van der Waals surface area contributed by atoms with E-state index in [1.54, 1.807) is 0 Å². The highest BCUT2D eigenvalue weighted by molar-refractivity contribution is 5.91. The molecule has 1 amide bonds. The van der Waals surface area contributed by atoms with Gasteiger partial charge >= 0.3 is 5.97 Å². The molecule has 0 atom stereocenters. The lowest BCUT2D eigenvalue weighted by Gasteiger charge is -2.36. The summed E-state index contributed by atoms with van der Waals surface area (Å²) in [5.74, 6) is -0.628. The Morgan fingerprint density at radius 3 is 2.70 bits per heavy atom. The summed E-state index contributed by atoms with van der Waals surface area (Å²) in [6.45, 7) is 2.12. The smallest absolute Gasteiger partial charge is 0.329 e. The molecule has 122 valence electrons. The van der Waals surface area contributed by atoms with Gasteiger partial charge in [-0.25, -0.2) is 4.79 Å². The molecule has 5 nitrogen and oxygen atoms in total. The Morgan fingerprint density at radius 1 is 1.30 bits per heavy atom. The summed E-state index contributed by atoms with van der Waals surface area (Å²) in [6, 6.07) is 7.78. The van der Waals surface area contributed by atoms with Crippen LogP contribution in [-0.4, -0.2) is 27.5 Å². The lowest BCUT2D eigenvalue weighted by Crippen LogP contribution is -2.56. The number of carbonyl (C=O) groups excluding carboxylic acids is 1. The predicted molar refractivity (Wildman–Crippen MR) is 88.1 cm³/mol. The van der Waals surface area contributed by atoms with Crippen LogP contribution in [0.1, 0.15) is 38.2 Å². The van der Waals surface area contributed by atoms with E-state index >= 15 is 0 Å². The summed E-state index contributed by atoms with van der Waals surface area (Å²) >= 11 is 0. The molecule has 0 bridgehead atoms. The highest BCUT2D eigenvalue weighted by atomic mass is 16.4. The molecule has 1 aromatic heterocycles. The fourth-order valence-corrected chi connectivity index (χ4v) is 3.41. The van der Waals surface area contributed by atoms with Crippen LogP contribution in [0.5, 0.6) is 0 Å². The topological polar surface area (TPSA) is 82.2 Å². The number of hydrogen-bond donors (Lipinski definition) is 3. The molecule has 1 aromatic carbocycles. The number of carbonyl (C=O) groups is 2. The minimum Gasteiger partial charge on any atom is -0.480 e. The number of carboxylic acids is 1. The van der Waals surface area contributed by atoms with Crippen molar-refractivity contribution in [3.8, 4) is 0 Å². The number of benzene rings is 1. The maximum Gasteiger partial charge on any atom is 0.329 e. The summed E-state index contributed by atoms with van der Waals surface area (Å²) < 4.78 is 0. The van der Waals surface area contributed by atoms with E-state index in [2.05, 4.69) is 17.2 Å². The second kappa shape index (κ2) is 6.07. The van der Waals surface area contributed by atoms with Crippen molar-refractivity contribution in [1.82, 2.24) is 10.3 Å². The number of aliphatic carboxylic acids is 1. The lowest BCUT2D eigenvalue weighted by atomic mass is 9.77. The molecule has 1 fully saturated rings. The van der Waals surface area contributed by atoms with Gasteiger partial charge in [-0.15, -0.1) is 0 Å². The molecule has 23 heavy (non-hydrogen) atoms. The molecule has 3 rings (SSSR count). The molecular weight excluding hydrogens is 292 g/mol. The van der Waals surface area contributed by atoms with Gasteiger partial charge in [0.2, 0.25) is 5.91 Å². The van der Waals surface area contributed by atoms with E-state index in [1.807, 2.05) is 30.5 Å². The van der Waals surface area contributed by atoms with Crippen LogP contribution in [0.3, 0.4) is 0 Å². The Balaban J connectivity index is 1.74. The molecule has 1 aliphatic carbocycles. The van der Waals surface area contributed by atoms with Crippen LogP contribution in [0.4, 0.5) is 0 Å². The fraction of sp³-hybridized carbons (Fsp3) is 0.444.